The largest absolute Gasteiger partial charge is 0.465 e. The van der Waals surface area contributed by atoms with E-state index in [-0.39, 0.29) is 5.97 Å². The van der Waals surface area contributed by atoms with E-state index in [4.69, 9.17) is 9.47 Å². The van der Waals surface area contributed by atoms with E-state index < -0.39 is 5.54 Å². The number of carbonyl (C=O) groups is 1. The molecule has 21 heavy (non-hydrogen) atoms. The predicted octanol–water partition coefficient (Wildman–Crippen LogP) is 1.66. The lowest BCUT2D eigenvalue weighted by molar-refractivity contribution is -0.153. The van der Waals surface area contributed by atoms with Crippen LogP contribution in [0.15, 0.2) is 0 Å². The minimum absolute atomic E-state index is 0.0996. The van der Waals surface area contributed by atoms with E-state index in [0.717, 1.165) is 25.9 Å². The molecule has 1 atom stereocenters. The topological polar surface area (TPSA) is 50.8 Å². The Balaban J connectivity index is 2.90. The molecule has 5 heteroatoms. The SMILES string of the molecule is CCNC(CN(CCOC)C(C)C)(C(=O)OCC)C1CC1. The maximum Gasteiger partial charge on any atom is 0.327 e. The van der Waals surface area contributed by atoms with Gasteiger partial charge in [0.1, 0.15) is 5.54 Å². The van der Waals surface area contributed by atoms with Crippen molar-refractivity contribution in [2.45, 2.75) is 52.1 Å². The number of hydrogen-bond donors (Lipinski definition) is 1. The van der Waals surface area contributed by atoms with Gasteiger partial charge in [-0.2, -0.15) is 0 Å². The van der Waals surface area contributed by atoms with Gasteiger partial charge in [-0.25, -0.2) is 4.79 Å². The van der Waals surface area contributed by atoms with Gasteiger partial charge in [0.2, 0.25) is 0 Å². The monoisotopic (exact) mass is 300 g/mol. The van der Waals surface area contributed by atoms with Crippen LogP contribution in [-0.4, -0.2) is 62.4 Å². The van der Waals surface area contributed by atoms with Gasteiger partial charge in [-0.1, -0.05) is 6.92 Å². The van der Waals surface area contributed by atoms with Crippen LogP contribution in [0.1, 0.15) is 40.5 Å². The Kier molecular flexibility index (Phi) is 7.63. The summed E-state index contributed by atoms with van der Waals surface area (Å²) in [5.41, 5.74) is -0.567. The fourth-order valence-corrected chi connectivity index (χ4v) is 2.83. The Labute approximate surface area is 129 Å². The van der Waals surface area contributed by atoms with Crippen molar-refractivity contribution in [1.82, 2.24) is 10.2 Å². The van der Waals surface area contributed by atoms with Gasteiger partial charge in [-0.05, 0) is 46.1 Å². The molecule has 1 aliphatic rings. The van der Waals surface area contributed by atoms with Crippen LogP contribution >= 0.6 is 0 Å². The molecule has 0 amide bonds. The second kappa shape index (κ2) is 8.71. The molecule has 0 aromatic rings. The van der Waals surface area contributed by atoms with E-state index >= 15 is 0 Å². The van der Waals surface area contributed by atoms with Crippen molar-refractivity contribution >= 4 is 5.97 Å². The molecule has 0 bridgehead atoms. The van der Waals surface area contributed by atoms with Crippen molar-refractivity contribution < 1.29 is 14.3 Å². The minimum Gasteiger partial charge on any atom is -0.465 e. The molecule has 1 aliphatic carbocycles. The highest BCUT2D eigenvalue weighted by Crippen LogP contribution is 2.41. The fourth-order valence-electron chi connectivity index (χ4n) is 2.83. The first-order chi connectivity index (χ1) is 10.0. The van der Waals surface area contributed by atoms with Crippen LogP contribution in [0.2, 0.25) is 0 Å². The second-order valence-electron chi connectivity index (χ2n) is 6.05. The van der Waals surface area contributed by atoms with Crippen molar-refractivity contribution in [3.63, 3.8) is 0 Å². The first-order valence-corrected chi connectivity index (χ1v) is 8.17. The summed E-state index contributed by atoms with van der Waals surface area (Å²) in [7, 11) is 1.71. The van der Waals surface area contributed by atoms with E-state index in [0.29, 0.717) is 31.7 Å². The lowest BCUT2D eigenvalue weighted by atomic mass is 9.91. The number of esters is 1. The molecular formula is C16H32N2O3. The van der Waals surface area contributed by atoms with Crippen molar-refractivity contribution in [1.29, 1.82) is 0 Å². The van der Waals surface area contributed by atoms with Gasteiger partial charge in [-0.3, -0.25) is 4.90 Å². The Morgan fingerprint density at radius 1 is 1.38 bits per heavy atom. The first-order valence-electron chi connectivity index (χ1n) is 8.17. The minimum atomic E-state index is -0.567. The molecule has 124 valence electrons. The smallest absolute Gasteiger partial charge is 0.327 e. The van der Waals surface area contributed by atoms with Crippen molar-refractivity contribution in [3.8, 4) is 0 Å². The van der Waals surface area contributed by atoms with Gasteiger partial charge in [0.25, 0.3) is 0 Å². The number of rotatable bonds is 11. The number of nitrogens with one attached hydrogen (secondary N) is 1. The van der Waals surface area contributed by atoms with Crippen LogP contribution in [0.3, 0.4) is 0 Å². The number of methoxy groups -OCH3 is 1. The van der Waals surface area contributed by atoms with Crippen LogP contribution < -0.4 is 5.32 Å². The summed E-state index contributed by atoms with van der Waals surface area (Å²) >= 11 is 0. The lowest BCUT2D eigenvalue weighted by Gasteiger charge is -2.39. The quantitative estimate of drug-likeness (QED) is 0.588. The summed E-state index contributed by atoms with van der Waals surface area (Å²) < 4.78 is 10.6. The van der Waals surface area contributed by atoms with Crippen LogP contribution in [0.25, 0.3) is 0 Å². The highest BCUT2D eigenvalue weighted by Gasteiger charge is 2.52. The summed E-state index contributed by atoms with van der Waals surface area (Å²) in [5.74, 6) is 0.290. The molecule has 1 fully saturated rings. The van der Waals surface area contributed by atoms with Crippen LogP contribution in [0.4, 0.5) is 0 Å². The van der Waals surface area contributed by atoms with Crippen molar-refractivity contribution in [2.75, 3.05) is 40.0 Å². The van der Waals surface area contributed by atoms with E-state index in [1.54, 1.807) is 7.11 Å². The molecule has 0 radical (unpaired) electrons. The van der Waals surface area contributed by atoms with Crippen LogP contribution in [0, 0.1) is 5.92 Å². The zero-order chi connectivity index (χ0) is 15.9. The zero-order valence-corrected chi connectivity index (χ0v) is 14.3. The Morgan fingerprint density at radius 3 is 2.48 bits per heavy atom. The lowest BCUT2D eigenvalue weighted by Crippen LogP contribution is -2.62. The fraction of sp³-hybridized carbons (Fsp3) is 0.938. The first kappa shape index (κ1) is 18.4. The van der Waals surface area contributed by atoms with Gasteiger partial charge in [0.05, 0.1) is 13.2 Å². The third-order valence-corrected chi connectivity index (χ3v) is 4.17. The Morgan fingerprint density at radius 2 is 2.05 bits per heavy atom. The van der Waals surface area contributed by atoms with E-state index in [1.807, 2.05) is 13.8 Å². The maximum absolute atomic E-state index is 12.6. The molecule has 1 saturated carbocycles. The average Bonchev–Trinajstić information content (AvgIpc) is 3.27. The highest BCUT2D eigenvalue weighted by atomic mass is 16.5. The molecule has 0 saturated heterocycles. The van der Waals surface area contributed by atoms with E-state index in [1.165, 1.54) is 0 Å². The molecule has 0 aliphatic heterocycles. The summed E-state index contributed by atoms with van der Waals surface area (Å²) in [6, 6.07) is 0.367. The van der Waals surface area contributed by atoms with Gasteiger partial charge >= 0.3 is 5.97 Å². The van der Waals surface area contributed by atoms with Crippen molar-refractivity contribution in [2.24, 2.45) is 5.92 Å². The standard InChI is InChI=1S/C16H32N2O3/c1-6-17-16(14-8-9-14,15(19)21-7-2)12-18(13(3)4)10-11-20-5/h13-14,17H,6-12H2,1-5H3. The summed E-state index contributed by atoms with van der Waals surface area (Å²) in [6.45, 7) is 11.6. The summed E-state index contributed by atoms with van der Waals surface area (Å²) in [6.07, 6.45) is 2.20. The molecule has 1 unspecified atom stereocenters. The average molecular weight is 300 g/mol. The van der Waals surface area contributed by atoms with Gasteiger partial charge in [-0.15, -0.1) is 0 Å². The molecular weight excluding hydrogens is 268 g/mol. The Hall–Kier alpha value is -0.650. The van der Waals surface area contributed by atoms with Gasteiger partial charge in [0.15, 0.2) is 0 Å². The molecule has 0 spiro atoms. The molecule has 1 rings (SSSR count). The second-order valence-corrected chi connectivity index (χ2v) is 6.05. The summed E-state index contributed by atoms with van der Waals surface area (Å²) in [4.78, 5) is 14.9. The Bertz CT molecular complexity index is 319. The van der Waals surface area contributed by atoms with Crippen LogP contribution in [0.5, 0.6) is 0 Å². The molecule has 5 nitrogen and oxygen atoms in total. The third kappa shape index (κ3) is 4.94. The summed E-state index contributed by atoms with van der Waals surface area (Å²) in [5, 5.41) is 3.45. The van der Waals surface area contributed by atoms with Crippen LogP contribution in [-0.2, 0) is 14.3 Å². The highest BCUT2D eigenvalue weighted by molar-refractivity contribution is 5.82. The zero-order valence-electron chi connectivity index (χ0n) is 14.3. The number of likely N-dealkylation sites (N-methyl/N-ethyl adjacent to an activating group) is 1. The van der Waals surface area contributed by atoms with E-state index in [9.17, 15) is 4.79 Å². The molecule has 0 heterocycles. The molecule has 0 aromatic heterocycles. The number of ether oxygens (including phenoxy) is 2. The normalized spacial score (nSPS) is 18.0. The number of carbonyl (C=O) groups excluding carboxylic acids is 1. The number of nitrogens with zero attached hydrogens (tertiary/aromatic N) is 1. The maximum atomic E-state index is 12.6. The van der Waals surface area contributed by atoms with Crippen molar-refractivity contribution in [3.05, 3.63) is 0 Å². The van der Waals surface area contributed by atoms with Gasteiger partial charge < -0.3 is 14.8 Å². The molecule has 0 aromatic carbocycles. The van der Waals surface area contributed by atoms with E-state index in [2.05, 4.69) is 24.1 Å². The number of hydrogen-bond acceptors (Lipinski definition) is 5. The molecule has 1 N–H and O–H groups in total. The third-order valence-electron chi connectivity index (χ3n) is 4.17. The predicted molar refractivity (Wildman–Crippen MR) is 84.3 cm³/mol. The van der Waals surface area contributed by atoms with Gasteiger partial charge in [0, 0.05) is 26.2 Å².